The number of pyridine rings is 1. The quantitative estimate of drug-likeness (QED) is 0.855. The van der Waals surface area contributed by atoms with Gasteiger partial charge in [-0.3, -0.25) is 9.69 Å². The normalized spacial score (nSPS) is 11.0. The smallest absolute Gasteiger partial charge is 0.223 e. The molecule has 0 unspecified atom stereocenters. The van der Waals surface area contributed by atoms with Gasteiger partial charge in [-0.05, 0) is 19.0 Å². The molecule has 4 heteroatoms. The van der Waals surface area contributed by atoms with Crippen molar-refractivity contribution in [2.75, 3.05) is 7.05 Å². The summed E-state index contributed by atoms with van der Waals surface area (Å²) in [5.74, 6) is -0.175. The van der Waals surface area contributed by atoms with Crippen molar-refractivity contribution in [3.05, 3.63) is 64.1 Å². The molecule has 118 valence electrons. The Kier molecular flexibility index (Phi) is 5.78. The Hall–Kier alpha value is -2.07. The highest BCUT2D eigenvalue weighted by atomic mass is 16.3. The van der Waals surface area contributed by atoms with Gasteiger partial charge < -0.3 is 9.67 Å². The van der Waals surface area contributed by atoms with Gasteiger partial charge in [0.1, 0.15) is 0 Å². The number of aromatic hydroxyl groups is 1. The van der Waals surface area contributed by atoms with Crippen LogP contribution in [-0.4, -0.2) is 21.6 Å². The first-order valence-electron chi connectivity index (χ1n) is 7.75. The monoisotopic (exact) mass is 300 g/mol. The average molecular weight is 300 g/mol. The molecule has 0 saturated carbocycles. The van der Waals surface area contributed by atoms with Gasteiger partial charge in [-0.2, -0.15) is 0 Å². The summed E-state index contributed by atoms with van der Waals surface area (Å²) in [7, 11) is 2.04. The van der Waals surface area contributed by atoms with Gasteiger partial charge in [0.2, 0.25) is 5.43 Å². The fraction of sp³-hybridized carbons (Fsp3) is 0.389. The largest absolute Gasteiger partial charge is 0.503 e. The number of nitrogens with zero attached hydrogens (tertiary/aromatic N) is 2. The Morgan fingerprint density at radius 1 is 1.18 bits per heavy atom. The maximum Gasteiger partial charge on any atom is 0.223 e. The van der Waals surface area contributed by atoms with Crippen LogP contribution in [0.2, 0.25) is 0 Å². The highest BCUT2D eigenvalue weighted by Gasteiger charge is 2.09. The number of hydrogen-bond donors (Lipinski definition) is 1. The first kappa shape index (κ1) is 16.3. The van der Waals surface area contributed by atoms with E-state index in [0.29, 0.717) is 6.54 Å². The predicted molar refractivity (Wildman–Crippen MR) is 88.9 cm³/mol. The highest BCUT2D eigenvalue weighted by Crippen LogP contribution is 2.11. The topological polar surface area (TPSA) is 45.5 Å². The molecular weight excluding hydrogens is 276 g/mol. The van der Waals surface area contributed by atoms with Crippen LogP contribution in [0.3, 0.4) is 0 Å². The Balaban J connectivity index is 2.13. The zero-order valence-electron chi connectivity index (χ0n) is 13.3. The van der Waals surface area contributed by atoms with Gasteiger partial charge in [0.25, 0.3) is 0 Å². The summed E-state index contributed by atoms with van der Waals surface area (Å²) in [5.41, 5.74) is 1.87. The third-order valence-corrected chi connectivity index (χ3v) is 3.68. The minimum absolute atomic E-state index is 0.175. The second-order valence-corrected chi connectivity index (χ2v) is 5.72. The molecule has 1 aromatic carbocycles. The van der Waals surface area contributed by atoms with Crippen LogP contribution in [0.15, 0.2) is 47.4 Å². The van der Waals surface area contributed by atoms with Crippen LogP contribution in [0.1, 0.15) is 31.0 Å². The van der Waals surface area contributed by atoms with Gasteiger partial charge >= 0.3 is 0 Å². The van der Waals surface area contributed by atoms with Crippen LogP contribution >= 0.6 is 0 Å². The molecule has 4 nitrogen and oxygen atoms in total. The van der Waals surface area contributed by atoms with E-state index in [1.54, 1.807) is 12.3 Å². The van der Waals surface area contributed by atoms with E-state index in [9.17, 15) is 9.90 Å². The molecule has 22 heavy (non-hydrogen) atoms. The van der Waals surface area contributed by atoms with Crippen molar-refractivity contribution in [2.45, 2.75) is 39.4 Å². The fourth-order valence-corrected chi connectivity index (χ4v) is 2.50. The Labute approximate surface area is 131 Å². The average Bonchev–Trinajstić information content (AvgIpc) is 2.50. The van der Waals surface area contributed by atoms with E-state index in [0.717, 1.165) is 31.6 Å². The molecule has 0 aliphatic heterocycles. The van der Waals surface area contributed by atoms with Crippen LogP contribution in [0.4, 0.5) is 0 Å². The molecule has 1 aromatic heterocycles. The van der Waals surface area contributed by atoms with Gasteiger partial charge in [-0.25, -0.2) is 0 Å². The maximum absolute atomic E-state index is 11.7. The molecule has 0 bridgehead atoms. The summed E-state index contributed by atoms with van der Waals surface area (Å²) >= 11 is 0. The van der Waals surface area contributed by atoms with E-state index in [1.807, 2.05) is 29.8 Å². The van der Waals surface area contributed by atoms with E-state index in [-0.39, 0.29) is 11.2 Å². The lowest BCUT2D eigenvalue weighted by atomic mass is 10.2. The molecule has 1 heterocycles. The van der Waals surface area contributed by atoms with Crippen molar-refractivity contribution >= 4 is 0 Å². The number of benzene rings is 1. The molecule has 0 amide bonds. The van der Waals surface area contributed by atoms with Crippen LogP contribution < -0.4 is 5.43 Å². The first-order valence-corrected chi connectivity index (χ1v) is 7.75. The van der Waals surface area contributed by atoms with E-state index in [4.69, 9.17) is 0 Å². The number of aromatic nitrogens is 1. The summed E-state index contributed by atoms with van der Waals surface area (Å²) in [6, 6.07) is 11.8. The van der Waals surface area contributed by atoms with Crippen molar-refractivity contribution in [3.8, 4) is 5.75 Å². The molecule has 1 N–H and O–H groups in total. The Morgan fingerprint density at radius 3 is 2.59 bits per heavy atom. The van der Waals surface area contributed by atoms with Crippen LogP contribution in [0, 0.1) is 0 Å². The van der Waals surface area contributed by atoms with Crippen LogP contribution in [-0.2, 0) is 19.6 Å². The predicted octanol–water partition coefficient (Wildman–Crippen LogP) is 2.99. The number of unbranched alkanes of at least 4 members (excludes halogenated alkanes) is 1. The number of rotatable bonds is 7. The molecule has 2 aromatic rings. The number of hydrogen-bond acceptors (Lipinski definition) is 3. The lowest BCUT2D eigenvalue weighted by Crippen LogP contribution is -2.22. The molecule has 0 atom stereocenters. The highest BCUT2D eigenvalue weighted by molar-refractivity contribution is 5.21. The molecule has 0 aliphatic rings. The first-order chi connectivity index (χ1) is 10.6. The SMILES string of the molecule is CCCCn1cc(O)c(=O)cc1CN(C)Cc1ccccc1. The number of aryl methyl sites for hydroxylation is 1. The standard InChI is InChI=1S/C18H24N2O2/c1-3-4-10-20-14-18(22)17(21)11-16(20)13-19(2)12-15-8-6-5-7-9-15/h5-9,11,14,22H,3-4,10,12-13H2,1-2H3. The summed E-state index contributed by atoms with van der Waals surface area (Å²) in [6.45, 7) is 4.44. The van der Waals surface area contributed by atoms with Gasteiger partial charge in [0.05, 0.1) is 6.20 Å². The van der Waals surface area contributed by atoms with Gasteiger partial charge in [0, 0.05) is 31.4 Å². The van der Waals surface area contributed by atoms with Gasteiger partial charge in [-0.15, -0.1) is 0 Å². The lowest BCUT2D eigenvalue weighted by molar-refractivity contribution is 0.306. The van der Waals surface area contributed by atoms with E-state index < -0.39 is 0 Å². The third kappa shape index (κ3) is 4.46. The van der Waals surface area contributed by atoms with Crippen LogP contribution in [0.5, 0.6) is 5.75 Å². The summed E-state index contributed by atoms with van der Waals surface area (Å²) < 4.78 is 1.99. The lowest BCUT2D eigenvalue weighted by Gasteiger charge is -2.20. The van der Waals surface area contributed by atoms with Crippen molar-refractivity contribution in [1.82, 2.24) is 9.47 Å². The van der Waals surface area contributed by atoms with Crippen molar-refractivity contribution in [1.29, 1.82) is 0 Å². The summed E-state index contributed by atoms with van der Waals surface area (Å²) in [5, 5.41) is 9.65. The fourth-order valence-electron chi connectivity index (χ4n) is 2.50. The summed E-state index contributed by atoms with van der Waals surface area (Å²) in [6.07, 6.45) is 3.66. The Morgan fingerprint density at radius 2 is 1.91 bits per heavy atom. The maximum atomic E-state index is 11.7. The van der Waals surface area contributed by atoms with E-state index in [2.05, 4.69) is 24.0 Å². The molecule has 0 saturated heterocycles. The minimum Gasteiger partial charge on any atom is -0.503 e. The molecule has 0 fully saturated rings. The Bertz CT molecular complexity index is 650. The third-order valence-electron chi connectivity index (χ3n) is 3.68. The van der Waals surface area contributed by atoms with E-state index >= 15 is 0 Å². The second kappa shape index (κ2) is 7.80. The minimum atomic E-state index is -0.309. The van der Waals surface area contributed by atoms with Crippen molar-refractivity contribution < 1.29 is 5.11 Å². The second-order valence-electron chi connectivity index (χ2n) is 5.72. The molecule has 2 rings (SSSR count). The molecular formula is C18H24N2O2. The van der Waals surface area contributed by atoms with Crippen molar-refractivity contribution in [2.24, 2.45) is 0 Å². The molecule has 0 spiro atoms. The summed E-state index contributed by atoms with van der Waals surface area (Å²) in [4.78, 5) is 13.9. The zero-order chi connectivity index (χ0) is 15.9. The van der Waals surface area contributed by atoms with Gasteiger partial charge in [-0.1, -0.05) is 43.7 Å². The van der Waals surface area contributed by atoms with Crippen LogP contribution in [0.25, 0.3) is 0 Å². The molecule has 0 radical (unpaired) electrons. The molecule has 0 aliphatic carbocycles. The van der Waals surface area contributed by atoms with E-state index in [1.165, 1.54) is 5.56 Å². The zero-order valence-corrected chi connectivity index (χ0v) is 13.3. The van der Waals surface area contributed by atoms with Gasteiger partial charge in [0.15, 0.2) is 5.75 Å². The van der Waals surface area contributed by atoms with Crippen molar-refractivity contribution in [3.63, 3.8) is 0 Å².